The van der Waals surface area contributed by atoms with E-state index in [0.29, 0.717) is 10.7 Å². The van der Waals surface area contributed by atoms with Crippen molar-refractivity contribution in [1.29, 1.82) is 0 Å². The monoisotopic (exact) mass is 465 g/mol. The predicted octanol–water partition coefficient (Wildman–Crippen LogP) is 3.45. The summed E-state index contributed by atoms with van der Waals surface area (Å²) in [4.78, 5) is 38.0. The van der Waals surface area contributed by atoms with E-state index in [0.717, 1.165) is 4.90 Å². The molecule has 6 nitrogen and oxygen atoms in total. The largest absolute Gasteiger partial charge is 0.477 e. The highest BCUT2D eigenvalue weighted by Gasteiger charge is 2.61. The van der Waals surface area contributed by atoms with Gasteiger partial charge < -0.3 is 14.7 Å². The van der Waals surface area contributed by atoms with Crippen LogP contribution in [0.1, 0.15) is 31.1 Å². The van der Waals surface area contributed by atoms with Crippen molar-refractivity contribution in [2.75, 3.05) is 5.75 Å². The van der Waals surface area contributed by atoms with Gasteiger partial charge in [-0.25, -0.2) is 31.5 Å². The molecule has 4 atom stereocenters. The van der Waals surface area contributed by atoms with E-state index in [1.165, 1.54) is 18.7 Å². The Kier molecular flexibility index (Phi) is 6.05. The molecule has 1 aromatic rings. The van der Waals surface area contributed by atoms with Gasteiger partial charge in [0.25, 0.3) is 0 Å². The average molecular weight is 465 g/mol. The molecule has 1 amide bonds. The van der Waals surface area contributed by atoms with E-state index in [2.05, 4.69) is 0 Å². The molecule has 2 aliphatic rings. The molecule has 0 radical (unpaired) electrons. The zero-order valence-electron chi connectivity index (χ0n) is 16.3. The van der Waals surface area contributed by atoms with E-state index >= 15 is 0 Å². The highest BCUT2D eigenvalue weighted by atomic mass is 32.2. The van der Waals surface area contributed by atoms with E-state index in [-0.39, 0.29) is 5.70 Å². The first-order valence-electron chi connectivity index (χ1n) is 9.11. The number of thioether (sulfide) groups is 1. The summed E-state index contributed by atoms with van der Waals surface area (Å²) in [5.74, 6) is -16.5. The minimum atomic E-state index is -2.42. The molecule has 0 bridgehead atoms. The van der Waals surface area contributed by atoms with Crippen LogP contribution >= 0.6 is 11.8 Å². The van der Waals surface area contributed by atoms with Gasteiger partial charge in [0, 0.05) is 10.8 Å². The first-order chi connectivity index (χ1) is 14.4. The number of ether oxygens (including phenoxy) is 1. The summed E-state index contributed by atoms with van der Waals surface area (Å²) >= 11 is 1.25. The molecular formula is C19H16F5NO5S. The lowest BCUT2D eigenvalue weighted by Crippen LogP contribution is -2.64. The third-order valence-electron chi connectivity index (χ3n) is 5.30. The molecule has 2 aliphatic heterocycles. The number of nitrogens with zero attached hydrogens (tertiary/aromatic N) is 1. The molecule has 0 unspecified atom stereocenters. The fraction of sp³-hybridized carbons (Fsp3) is 0.421. The Bertz CT molecular complexity index is 1000. The lowest BCUT2D eigenvalue weighted by molar-refractivity contribution is -0.163. The number of hydrogen-bond donors (Lipinski definition) is 1. The number of β-lactam (4-membered cyclic amide) rings is 1. The molecule has 1 N–H and O–H groups in total. The van der Waals surface area contributed by atoms with Crippen LogP contribution in [-0.4, -0.2) is 45.8 Å². The van der Waals surface area contributed by atoms with Gasteiger partial charge in [-0.2, -0.15) is 0 Å². The number of hydrogen-bond acceptors (Lipinski definition) is 5. The zero-order valence-corrected chi connectivity index (χ0v) is 17.2. The van der Waals surface area contributed by atoms with Crippen LogP contribution in [0.2, 0.25) is 0 Å². The number of carboxylic acid groups (broad SMARTS) is 1. The number of carboxylic acids is 1. The first kappa shape index (κ1) is 23.0. The normalized spacial score (nSPS) is 23.5. The summed E-state index contributed by atoms with van der Waals surface area (Å²) < 4.78 is 72.5. The van der Waals surface area contributed by atoms with Crippen LogP contribution in [0.4, 0.5) is 22.0 Å². The van der Waals surface area contributed by atoms with Crippen molar-refractivity contribution in [3.05, 3.63) is 45.3 Å². The van der Waals surface area contributed by atoms with Gasteiger partial charge in [-0.3, -0.25) is 4.79 Å². The SMILES string of the molecule is CCSC1=C(C(=O)O)N2C(=O)[C@H]([C@@H](C)OC(=O)c3c(F)c(F)c(F)c(F)c3F)[C@H]2[C@H]1C. The molecule has 168 valence electrons. The Labute approximate surface area is 177 Å². The topological polar surface area (TPSA) is 83.9 Å². The van der Waals surface area contributed by atoms with Crippen molar-refractivity contribution in [3.63, 3.8) is 0 Å². The smallest absolute Gasteiger partial charge is 0.353 e. The number of halogens is 5. The Morgan fingerprint density at radius 1 is 1.10 bits per heavy atom. The lowest BCUT2D eigenvalue weighted by atomic mass is 9.79. The predicted molar refractivity (Wildman–Crippen MR) is 97.2 cm³/mol. The number of amides is 1. The summed E-state index contributed by atoms with van der Waals surface area (Å²) in [6.45, 7) is 4.71. The number of carbonyl (C=O) groups is 3. The van der Waals surface area contributed by atoms with Crippen LogP contribution in [-0.2, 0) is 14.3 Å². The number of fused-ring (bicyclic) bond motifs is 1. The van der Waals surface area contributed by atoms with Gasteiger partial charge in [0.15, 0.2) is 23.3 Å². The molecule has 0 aromatic heterocycles. The first-order valence-corrected chi connectivity index (χ1v) is 10.1. The Morgan fingerprint density at radius 2 is 1.61 bits per heavy atom. The Balaban J connectivity index is 1.86. The summed E-state index contributed by atoms with van der Waals surface area (Å²) in [5.41, 5.74) is -1.94. The van der Waals surface area contributed by atoms with Crippen molar-refractivity contribution in [2.24, 2.45) is 11.8 Å². The minimum absolute atomic E-state index is 0.177. The third kappa shape index (κ3) is 3.36. The number of carbonyl (C=O) groups excluding carboxylic acids is 2. The van der Waals surface area contributed by atoms with Gasteiger partial charge in [0.2, 0.25) is 11.7 Å². The summed E-state index contributed by atoms with van der Waals surface area (Å²) in [5, 5.41) is 9.49. The number of rotatable bonds is 6. The Hall–Kier alpha value is -2.63. The van der Waals surface area contributed by atoms with Crippen LogP contribution in [0.25, 0.3) is 0 Å². The van der Waals surface area contributed by atoms with E-state index < -0.39 is 76.5 Å². The highest BCUT2D eigenvalue weighted by Crippen LogP contribution is 2.50. The molecular weight excluding hydrogens is 449 g/mol. The van der Waals surface area contributed by atoms with Gasteiger partial charge in [-0.15, -0.1) is 11.8 Å². The summed E-state index contributed by atoms with van der Waals surface area (Å²) in [6, 6.07) is -0.688. The maximum Gasteiger partial charge on any atom is 0.353 e. The quantitative estimate of drug-likeness (QED) is 0.228. The van der Waals surface area contributed by atoms with Crippen molar-refractivity contribution in [3.8, 4) is 0 Å². The summed E-state index contributed by atoms with van der Waals surface area (Å²) in [6.07, 6.45) is -1.32. The fourth-order valence-electron chi connectivity index (χ4n) is 3.94. The molecule has 1 fully saturated rings. The summed E-state index contributed by atoms with van der Waals surface area (Å²) in [7, 11) is 0. The lowest BCUT2D eigenvalue weighted by Gasteiger charge is -2.47. The second-order valence-corrected chi connectivity index (χ2v) is 8.33. The molecule has 0 aliphatic carbocycles. The van der Waals surface area contributed by atoms with Gasteiger partial charge >= 0.3 is 11.9 Å². The Morgan fingerprint density at radius 3 is 2.10 bits per heavy atom. The standard InChI is InChI=1S/C19H16F5NO5S/c1-4-31-16-5(2)14-7(17(26)25(14)15(16)18(27)28)6(3)30-19(29)8-9(20)11(22)13(24)12(23)10(8)21/h5-7,14H,4H2,1-3H3,(H,27,28)/t5-,6-,7-,14-/m1/s1. The molecule has 31 heavy (non-hydrogen) atoms. The zero-order chi connectivity index (χ0) is 23.4. The number of esters is 1. The number of aliphatic carboxylic acids is 1. The molecule has 1 saturated heterocycles. The third-order valence-corrected chi connectivity index (χ3v) is 6.47. The molecule has 0 spiro atoms. The fourth-order valence-corrected chi connectivity index (χ4v) is 4.98. The second kappa shape index (κ2) is 8.13. The maximum atomic E-state index is 13.9. The van der Waals surface area contributed by atoms with Gasteiger partial charge in [0.1, 0.15) is 17.4 Å². The van der Waals surface area contributed by atoms with Crippen LogP contribution < -0.4 is 0 Å². The van der Waals surface area contributed by atoms with Gasteiger partial charge in [0.05, 0.1) is 12.0 Å². The van der Waals surface area contributed by atoms with E-state index in [9.17, 15) is 41.4 Å². The molecule has 2 heterocycles. The number of benzene rings is 1. The van der Waals surface area contributed by atoms with Crippen molar-refractivity contribution < 1.29 is 46.2 Å². The van der Waals surface area contributed by atoms with Crippen molar-refractivity contribution in [1.82, 2.24) is 4.90 Å². The van der Waals surface area contributed by atoms with Crippen molar-refractivity contribution in [2.45, 2.75) is 32.9 Å². The molecule has 1 aromatic carbocycles. The van der Waals surface area contributed by atoms with Crippen LogP contribution in [0.3, 0.4) is 0 Å². The second-order valence-electron chi connectivity index (χ2n) is 7.02. The van der Waals surface area contributed by atoms with E-state index in [4.69, 9.17) is 4.74 Å². The van der Waals surface area contributed by atoms with Crippen LogP contribution in [0, 0.1) is 40.9 Å². The average Bonchev–Trinajstić information content (AvgIpc) is 2.94. The minimum Gasteiger partial charge on any atom is -0.477 e. The molecule has 3 rings (SSSR count). The van der Waals surface area contributed by atoms with Gasteiger partial charge in [-0.05, 0) is 12.7 Å². The van der Waals surface area contributed by atoms with Crippen molar-refractivity contribution >= 4 is 29.6 Å². The van der Waals surface area contributed by atoms with E-state index in [1.54, 1.807) is 13.8 Å². The molecule has 12 heteroatoms. The van der Waals surface area contributed by atoms with Crippen LogP contribution in [0.5, 0.6) is 0 Å². The maximum absolute atomic E-state index is 13.9. The molecule has 0 saturated carbocycles. The highest BCUT2D eigenvalue weighted by molar-refractivity contribution is 8.03. The van der Waals surface area contributed by atoms with Gasteiger partial charge in [-0.1, -0.05) is 13.8 Å². The van der Waals surface area contributed by atoms with E-state index in [1.807, 2.05) is 0 Å². The van der Waals surface area contributed by atoms with Crippen LogP contribution in [0.15, 0.2) is 10.6 Å².